The molecule has 31 heavy (non-hydrogen) atoms. The van der Waals surface area contributed by atoms with E-state index in [2.05, 4.69) is 29.4 Å². The van der Waals surface area contributed by atoms with E-state index in [9.17, 15) is 13.2 Å². The lowest BCUT2D eigenvalue weighted by atomic mass is 10.1. The standard InChI is InChI=1S/C22H25N3O4S2/c1-14(2)30-18-7-5-6-17(13-18)21(26)23-22-25-24-20(29-22)12-16-8-10-19(11-9-16)31(27,28)15(3)4/h5-11,13-15H,12H2,1-4H3,(H,23,25,26). The maximum atomic E-state index is 12.5. The molecule has 0 atom stereocenters. The summed E-state index contributed by atoms with van der Waals surface area (Å²) in [5.74, 6) is -0.0106. The van der Waals surface area contributed by atoms with Crippen molar-refractivity contribution in [1.29, 1.82) is 0 Å². The Labute approximate surface area is 186 Å². The Hall–Kier alpha value is -2.65. The second-order valence-corrected chi connectivity index (χ2v) is 11.7. The molecule has 0 aliphatic carbocycles. The number of nitrogens with zero attached hydrogens (tertiary/aromatic N) is 2. The van der Waals surface area contributed by atoms with Gasteiger partial charge in [-0.25, -0.2) is 8.42 Å². The Balaban J connectivity index is 1.65. The zero-order chi connectivity index (χ0) is 22.6. The van der Waals surface area contributed by atoms with E-state index in [1.54, 1.807) is 55.9 Å². The van der Waals surface area contributed by atoms with Gasteiger partial charge in [0.2, 0.25) is 5.89 Å². The molecule has 3 aromatic rings. The van der Waals surface area contributed by atoms with Gasteiger partial charge in [-0.3, -0.25) is 10.1 Å². The molecule has 1 aromatic heterocycles. The first-order chi connectivity index (χ1) is 14.6. The van der Waals surface area contributed by atoms with Crippen LogP contribution in [0.25, 0.3) is 0 Å². The van der Waals surface area contributed by atoms with Crippen molar-refractivity contribution in [3.8, 4) is 0 Å². The second kappa shape index (κ2) is 9.65. The minimum absolute atomic E-state index is 0.0147. The molecule has 0 aliphatic heterocycles. The lowest BCUT2D eigenvalue weighted by molar-refractivity contribution is 0.102. The lowest BCUT2D eigenvalue weighted by Crippen LogP contribution is -2.13. The third-order valence-corrected chi connectivity index (χ3v) is 7.55. The summed E-state index contributed by atoms with van der Waals surface area (Å²) in [4.78, 5) is 13.8. The third kappa shape index (κ3) is 5.95. The fraction of sp³-hybridized carbons (Fsp3) is 0.318. The van der Waals surface area contributed by atoms with Crippen molar-refractivity contribution >= 4 is 33.5 Å². The van der Waals surface area contributed by atoms with Crippen LogP contribution in [0.5, 0.6) is 0 Å². The number of carbonyl (C=O) groups is 1. The molecule has 0 saturated heterocycles. The van der Waals surface area contributed by atoms with Gasteiger partial charge in [-0.15, -0.1) is 16.9 Å². The third-order valence-electron chi connectivity index (χ3n) is 4.38. The van der Waals surface area contributed by atoms with Gasteiger partial charge in [0.15, 0.2) is 9.84 Å². The van der Waals surface area contributed by atoms with E-state index in [1.165, 1.54) is 0 Å². The van der Waals surface area contributed by atoms with Crippen molar-refractivity contribution in [2.45, 2.75) is 54.4 Å². The molecule has 0 fully saturated rings. The predicted molar refractivity (Wildman–Crippen MR) is 121 cm³/mol. The lowest BCUT2D eigenvalue weighted by Gasteiger charge is -2.08. The molecule has 1 N–H and O–H groups in total. The molecule has 164 valence electrons. The molecule has 1 heterocycles. The summed E-state index contributed by atoms with van der Waals surface area (Å²) >= 11 is 1.68. The van der Waals surface area contributed by atoms with Gasteiger partial charge in [-0.1, -0.05) is 37.1 Å². The SMILES string of the molecule is CC(C)Sc1cccc(C(=O)Nc2nnc(Cc3ccc(S(=O)(=O)C(C)C)cc3)o2)c1. The van der Waals surface area contributed by atoms with Gasteiger partial charge in [0.25, 0.3) is 5.91 Å². The average molecular weight is 460 g/mol. The fourth-order valence-electron chi connectivity index (χ4n) is 2.77. The highest BCUT2D eigenvalue weighted by atomic mass is 32.2. The van der Waals surface area contributed by atoms with Gasteiger partial charge < -0.3 is 4.42 Å². The molecule has 0 aliphatic rings. The molecule has 3 rings (SSSR count). The molecule has 2 aromatic carbocycles. The molecular weight excluding hydrogens is 434 g/mol. The van der Waals surface area contributed by atoms with Gasteiger partial charge in [0.05, 0.1) is 16.6 Å². The van der Waals surface area contributed by atoms with E-state index in [0.717, 1.165) is 10.5 Å². The largest absolute Gasteiger partial charge is 0.407 e. The van der Waals surface area contributed by atoms with Crippen molar-refractivity contribution in [3.05, 3.63) is 65.5 Å². The first-order valence-corrected chi connectivity index (χ1v) is 12.3. The highest BCUT2D eigenvalue weighted by Crippen LogP contribution is 2.24. The molecular formula is C22H25N3O4S2. The van der Waals surface area contributed by atoms with Gasteiger partial charge in [-0.2, -0.15) is 0 Å². The Bertz CT molecular complexity index is 1150. The van der Waals surface area contributed by atoms with Crippen LogP contribution in [0.4, 0.5) is 6.01 Å². The molecule has 0 bridgehead atoms. The number of anilines is 1. The number of thioether (sulfide) groups is 1. The number of sulfone groups is 1. The van der Waals surface area contributed by atoms with Crippen molar-refractivity contribution in [3.63, 3.8) is 0 Å². The normalized spacial score (nSPS) is 11.8. The van der Waals surface area contributed by atoms with Crippen LogP contribution >= 0.6 is 11.8 Å². The number of hydrogen-bond donors (Lipinski definition) is 1. The van der Waals surface area contributed by atoms with Crippen LogP contribution in [0.15, 0.2) is 62.7 Å². The molecule has 0 radical (unpaired) electrons. The topological polar surface area (TPSA) is 102 Å². The Kier molecular flexibility index (Phi) is 7.17. The van der Waals surface area contributed by atoms with E-state index in [4.69, 9.17) is 4.42 Å². The van der Waals surface area contributed by atoms with Gasteiger partial charge >= 0.3 is 6.01 Å². The summed E-state index contributed by atoms with van der Waals surface area (Å²) in [5, 5.41) is 10.4. The van der Waals surface area contributed by atoms with Crippen LogP contribution in [0, 0.1) is 0 Å². The number of benzene rings is 2. The number of hydrogen-bond acceptors (Lipinski definition) is 7. The van der Waals surface area contributed by atoms with Crippen molar-refractivity contribution in [2.75, 3.05) is 5.32 Å². The van der Waals surface area contributed by atoms with Gasteiger partial charge in [0, 0.05) is 15.7 Å². The first kappa shape index (κ1) is 23.0. The second-order valence-electron chi connectivity index (χ2n) is 7.56. The molecule has 1 amide bonds. The number of nitrogens with one attached hydrogen (secondary N) is 1. The van der Waals surface area contributed by atoms with E-state index in [0.29, 0.717) is 23.1 Å². The number of amides is 1. The minimum atomic E-state index is -3.31. The minimum Gasteiger partial charge on any atom is -0.407 e. The maximum Gasteiger partial charge on any atom is 0.322 e. The van der Waals surface area contributed by atoms with E-state index in [-0.39, 0.29) is 16.8 Å². The molecule has 0 saturated carbocycles. The fourth-order valence-corrected chi connectivity index (χ4v) is 4.73. The molecule has 0 unspecified atom stereocenters. The highest BCUT2D eigenvalue weighted by molar-refractivity contribution is 7.99. The molecule has 9 heteroatoms. The Morgan fingerprint density at radius 2 is 1.77 bits per heavy atom. The van der Waals surface area contributed by atoms with Crippen LogP contribution < -0.4 is 5.32 Å². The number of aromatic nitrogens is 2. The van der Waals surface area contributed by atoms with Crippen LogP contribution in [-0.4, -0.2) is 35.0 Å². The van der Waals surface area contributed by atoms with Crippen LogP contribution in [-0.2, 0) is 16.3 Å². The number of rotatable bonds is 8. The van der Waals surface area contributed by atoms with Crippen LogP contribution in [0.2, 0.25) is 0 Å². The summed E-state index contributed by atoms with van der Waals surface area (Å²) in [5.41, 5.74) is 1.33. The van der Waals surface area contributed by atoms with Crippen molar-refractivity contribution in [2.24, 2.45) is 0 Å². The van der Waals surface area contributed by atoms with Crippen LogP contribution in [0.3, 0.4) is 0 Å². The van der Waals surface area contributed by atoms with Crippen molar-refractivity contribution in [1.82, 2.24) is 10.2 Å². The predicted octanol–water partition coefficient (Wildman–Crippen LogP) is 4.60. The number of carbonyl (C=O) groups excluding carboxylic acids is 1. The maximum absolute atomic E-state index is 12.5. The summed E-state index contributed by atoms with van der Waals surface area (Å²) in [6.45, 7) is 7.48. The average Bonchev–Trinajstić information content (AvgIpc) is 3.14. The summed E-state index contributed by atoms with van der Waals surface area (Å²) < 4.78 is 30.0. The summed E-state index contributed by atoms with van der Waals surface area (Å²) in [6.07, 6.45) is 0.325. The Morgan fingerprint density at radius 3 is 2.42 bits per heavy atom. The van der Waals surface area contributed by atoms with Crippen LogP contribution in [0.1, 0.15) is 49.5 Å². The van der Waals surface area contributed by atoms with E-state index >= 15 is 0 Å². The van der Waals surface area contributed by atoms with Gasteiger partial charge in [-0.05, 0) is 49.7 Å². The zero-order valence-electron chi connectivity index (χ0n) is 17.8. The van der Waals surface area contributed by atoms with Crippen molar-refractivity contribution < 1.29 is 17.6 Å². The molecule has 0 spiro atoms. The summed E-state index contributed by atoms with van der Waals surface area (Å²) in [7, 11) is -3.31. The first-order valence-electron chi connectivity index (χ1n) is 9.88. The zero-order valence-corrected chi connectivity index (χ0v) is 19.5. The molecule has 7 nitrogen and oxygen atoms in total. The van der Waals surface area contributed by atoms with E-state index < -0.39 is 15.1 Å². The monoisotopic (exact) mass is 459 g/mol. The quantitative estimate of drug-likeness (QED) is 0.491. The summed E-state index contributed by atoms with van der Waals surface area (Å²) in [6, 6.07) is 13.9. The highest BCUT2D eigenvalue weighted by Gasteiger charge is 2.19. The smallest absolute Gasteiger partial charge is 0.322 e. The van der Waals surface area contributed by atoms with E-state index in [1.807, 2.05) is 18.2 Å². The Morgan fingerprint density at radius 1 is 1.06 bits per heavy atom. The van der Waals surface area contributed by atoms with Gasteiger partial charge in [0.1, 0.15) is 0 Å².